The Bertz CT molecular complexity index is 580. The molecule has 1 aromatic rings. The average Bonchev–Trinajstić information content (AvgIpc) is 2.73. The Labute approximate surface area is 123 Å². The van der Waals surface area contributed by atoms with E-state index >= 15 is 0 Å². The highest BCUT2D eigenvalue weighted by Gasteiger charge is 2.30. The molecule has 1 aliphatic heterocycles. The van der Waals surface area contributed by atoms with Crippen LogP contribution in [0.4, 0.5) is 10.5 Å². The molecular formula is C15H17N3O3. The quantitative estimate of drug-likeness (QED) is 0.873. The van der Waals surface area contributed by atoms with Gasteiger partial charge in [-0.05, 0) is 31.0 Å². The summed E-state index contributed by atoms with van der Waals surface area (Å²) in [5.74, 6) is -0.974. The molecule has 1 aliphatic rings. The van der Waals surface area contributed by atoms with E-state index in [9.17, 15) is 14.7 Å². The fourth-order valence-corrected chi connectivity index (χ4v) is 2.47. The molecule has 110 valence electrons. The van der Waals surface area contributed by atoms with E-state index in [0.29, 0.717) is 24.2 Å². The lowest BCUT2D eigenvalue weighted by molar-refractivity contribution is -0.142. The van der Waals surface area contributed by atoms with Crippen molar-refractivity contribution in [3.63, 3.8) is 0 Å². The molecule has 6 nitrogen and oxygen atoms in total. The largest absolute Gasteiger partial charge is 0.480 e. The summed E-state index contributed by atoms with van der Waals surface area (Å²) >= 11 is 0. The van der Waals surface area contributed by atoms with E-state index in [-0.39, 0.29) is 0 Å². The summed E-state index contributed by atoms with van der Waals surface area (Å²) < 4.78 is 0. The minimum atomic E-state index is -0.974. The lowest BCUT2D eigenvalue weighted by Crippen LogP contribution is -2.46. The van der Waals surface area contributed by atoms with E-state index in [4.69, 9.17) is 5.26 Å². The number of carboxylic acid groups (broad SMARTS) is 1. The van der Waals surface area contributed by atoms with Crippen molar-refractivity contribution in [3.05, 3.63) is 29.8 Å². The molecule has 21 heavy (non-hydrogen) atoms. The van der Waals surface area contributed by atoms with Gasteiger partial charge in [-0.3, -0.25) is 0 Å². The maximum Gasteiger partial charge on any atom is 0.326 e. The molecule has 6 heteroatoms. The fraction of sp³-hybridized carbons (Fsp3) is 0.400. The summed E-state index contributed by atoms with van der Waals surface area (Å²) in [6, 6.07) is 7.33. The smallest absolute Gasteiger partial charge is 0.326 e. The van der Waals surface area contributed by atoms with Gasteiger partial charge in [0.1, 0.15) is 6.04 Å². The predicted octanol–water partition coefficient (Wildman–Crippen LogP) is 2.42. The van der Waals surface area contributed by atoms with Crippen LogP contribution in [0.5, 0.6) is 0 Å². The molecule has 0 saturated carbocycles. The van der Waals surface area contributed by atoms with Crippen LogP contribution in [0.15, 0.2) is 24.3 Å². The Kier molecular flexibility index (Phi) is 4.77. The van der Waals surface area contributed by atoms with E-state index in [1.807, 2.05) is 6.07 Å². The second-order valence-corrected chi connectivity index (χ2v) is 5.02. The van der Waals surface area contributed by atoms with Gasteiger partial charge in [0, 0.05) is 12.2 Å². The third kappa shape index (κ3) is 3.72. The first kappa shape index (κ1) is 14.9. The van der Waals surface area contributed by atoms with Crippen molar-refractivity contribution in [2.24, 2.45) is 0 Å². The van der Waals surface area contributed by atoms with Crippen LogP contribution in [0, 0.1) is 11.3 Å². The Hall–Kier alpha value is -2.55. The summed E-state index contributed by atoms with van der Waals surface area (Å²) in [5, 5.41) is 20.8. The molecule has 1 unspecified atom stereocenters. The summed E-state index contributed by atoms with van der Waals surface area (Å²) in [6.07, 6.45) is 3.01. The molecule has 1 fully saturated rings. The van der Waals surface area contributed by atoms with Gasteiger partial charge in [-0.25, -0.2) is 9.59 Å². The van der Waals surface area contributed by atoms with Gasteiger partial charge in [0.2, 0.25) is 0 Å². The van der Waals surface area contributed by atoms with E-state index in [1.165, 1.54) is 4.90 Å². The standard InChI is InChI=1S/C15H17N3O3/c16-10-11-5-4-6-12(9-11)17-15(21)18-8-3-1-2-7-13(18)14(19)20/h4-6,9,13H,1-3,7-8H2,(H,17,21)(H,19,20). The molecule has 1 saturated heterocycles. The number of benzene rings is 1. The third-order valence-electron chi connectivity index (χ3n) is 3.54. The number of nitriles is 1. The number of carbonyl (C=O) groups is 2. The molecule has 1 atom stereocenters. The maximum absolute atomic E-state index is 12.3. The monoisotopic (exact) mass is 287 g/mol. The van der Waals surface area contributed by atoms with Gasteiger partial charge in [-0.1, -0.05) is 18.9 Å². The third-order valence-corrected chi connectivity index (χ3v) is 3.54. The van der Waals surface area contributed by atoms with E-state index in [0.717, 1.165) is 19.3 Å². The van der Waals surface area contributed by atoms with Crippen molar-refractivity contribution in [3.8, 4) is 6.07 Å². The summed E-state index contributed by atoms with van der Waals surface area (Å²) in [7, 11) is 0. The van der Waals surface area contributed by atoms with Gasteiger partial charge >= 0.3 is 12.0 Å². The number of hydrogen-bond donors (Lipinski definition) is 2. The molecule has 0 bridgehead atoms. The highest BCUT2D eigenvalue weighted by molar-refractivity contribution is 5.92. The van der Waals surface area contributed by atoms with Gasteiger partial charge in [0.05, 0.1) is 11.6 Å². The van der Waals surface area contributed by atoms with Crippen molar-refractivity contribution in [1.29, 1.82) is 5.26 Å². The van der Waals surface area contributed by atoms with Gasteiger partial charge in [0.25, 0.3) is 0 Å². The van der Waals surface area contributed by atoms with Crippen molar-refractivity contribution in [2.75, 3.05) is 11.9 Å². The molecule has 0 radical (unpaired) electrons. The molecule has 2 amide bonds. The van der Waals surface area contributed by atoms with Crippen LogP contribution in [0.25, 0.3) is 0 Å². The van der Waals surface area contributed by atoms with Crippen LogP contribution in [0.1, 0.15) is 31.2 Å². The Morgan fingerprint density at radius 3 is 2.86 bits per heavy atom. The van der Waals surface area contributed by atoms with E-state index < -0.39 is 18.0 Å². The number of hydrogen-bond acceptors (Lipinski definition) is 3. The molecule has 2 N–H and O–H groups in total. The lowest BCUT2D eigenvalue weighted by atomic mass is 10.1. The van der Waals surface area contributed by atoms with E-state index in [2.05, 4.69) is 5.32 Å². The minimum Gasteiger partial charge on any atom is -0.480 e. The zero-order chi connectivity index (χ0) is 15.2. The van der Waals surface area contributed by atoms with E-state index in [1.54, 1.807) is 24.3 Å². The number of anilines is 1. The molecular weight excluding hydrogens is 270 g/mol. The number of amides is 2. The van der Waals surface area contributed by atoms with Crippen LogP contribution in [0.2, 0.25) is 0 Å². The molecule has 0 aliphatic carbocycles. The number of likely N-dealkylation sites (tertiary alicyclic amines) is 1. The van der Waals surface area contributed by atoms with Crippen molar-refractivity contribution >= 4 is 17.7 Å². The summed E-state index contributed by atoms with van der Waals surface area (Å²) in [6.45, 7) is 0.431. The average molecular weight is 287 g/mol. The van der Waals surface area contributed by atoms with Crippen LogP contribution in [-0.4, -0.2) is 34.6 Å². The fourth-order valence-electron chi connectivity index (χ4n) is 2.47. The Balaban J connectivity index is 2.13. The molecule has 0 aromatic heterocycles. The van der Waals surface area contributed by atoms with Crippen LogP contribution < -0.4 is 5.32 Å². The highest BCUT2D eigenvalue weighted by atomic mass is 16.4. The maximum atomic E-state index is 12.3. The summed E-state index contributed by atoms with van der Waals surface area (Å²) in [5.41, 5.74) is 0.936. The minimum absolute atomic E-state index is 0.431. The number of rotatable bonds is 2. The van der Waals surface area contributed by atoms with Crippen molar-refractivity contribution in [2.45, 2.75) is 31.7 Å². The van der Waals surface area contributed by atoms with Gasteiger partial charge in [-0.15, -0.1) is 0 Å². The first-order chi connectivity index (χ1) is 10.1. The first-order valence-corrected chi connectivity index (χ1v) is 6.92. The summed E-state index contributed by atoms with van der Waals surface area (Å²) in [4.78, 5) is 25.0. The molecule has 1 heterocycles. The van der Waals surface area contributed by atoms with Crippen LogP contribution in [0.3, 0.4) is 0 Å². The van der Waals surface area contributed by atoms with Crippen molar-refractivity contribution < 1.29 is 14.7 Å². The topological polar surface area (TPSA) is 93.4 Å². The zero-order valence-corrected chi connectivity index (χ0v) is 11.6. The second-order valence-electron chi connectivity index (χ2n) is 5.02. The van der Waals surface area contributed by atoms with Crippen LogP contribution in [-0.2, 0) is 4.79 Å². The molecule has 0 spiro atoms. The number of aliphatic carboxylic acids is 1. The van der Waals surface area contributed by atoms with Gasteiger partial charge in [-0.2, -0.15) is 5.26 Å². The van der Waals surface area contributed by atoms with Gasteiger partial charge in [0.15, 0.2) is 0 Å². The Morgan fingerprint density at radius 1 is 1.33 bits per heavy atom. The van der Waals surface area contributed by atoms with Gasteiger partial charge < -0.3 is 15.3 Å². The Morgan fingerprint density at radius 2 is 2.14 bits per heavy atom. The number of nitrogens with one attached hydrogen (secondary N) is 1. The number of carbonyl (C=O) groups excluding carboxylic acids is 1. The number of urea groups is 1. The molecule has 2 rings (SSSR count). The SMILES string of the molecule is N#Cc1cccc(NC(=O)N2CCCCCC2C(=O)O)c1. The normalized spacial score (nSPS) is 18.4. The first-order valence-electron chi connectivity index (χ1n) is 6.92. The highest BCUT2D eigenvalue weighted by Crippen LogP contribution is 2.19. The van der Waals surface area contributed by atoms with Crippen molar-refractivity contribution in [1.82, 2.24) is 4.90 Å². The lowest BCUT2D eigenvalue weighted by Gasteiger charge is -2.27. The van der Waals surface area contributed by atoms with Crippen LogP contribution >= 0.6 is 0 Å². The second kappa shape index (κ2) is 6.75. The molecule has 1 aromatic carbocycles. The zero-order valence-electron chi connectivity index (χ0n) is 11.6. The predicted molar refractivity (Wildman–Crippen MR) is 76.8 cm³/mol. The number of nitrogens with zero attached hydrogens (tertiary/aromatic N) is 2. The number of carboxylic acids is 1.